The molecule has 0 radical (unpaired) electrons. The Bertz CT molecular complexity index is 1740. The number of primary amides is 1. The Hall–Kier alpha value is -5.44. The molecule has 2 heterocycles. The van der Waals surface area contributed by atoms with Crippen LogP contribution >= 0.6 is 0 Å². The Kier molecular flexibility index (Phi) is 6.22. The van der Waals surface area contributed by atoms with Gasteiger partial charge in [0, 0.05) is 16.5 Å². The molecule has 192 valence electrons. The van der Waals surface area contributed by atoms with Gasteiger partial charge in [-0.25, -0.2) is 14.4 Å². The highest BCUT2D eigenvalue weighted by molar-refractivity contribution is 6.06. The van der Waals surface area contributed by atoms with Gasteiger partial charge in [-0.1, -0.05) is 71.9 Å². The molecule has 0 aliphatic carbocycles. The molecule has 3 N–H and O–H groups in total. The number of methoxy groups -OCH3 is 1. The third kappa shape index (κ3) is 4.57. The third-order valence-electron chi connectivity index (χ3n) is 6.54. The zero-order chi connectivity index (χ0) is 26.8. The minimum absolute atomic E-state index is 0.391. The molecule has 0 saturated heterocycles. The minimum Gasteiger partial charge on any atom is -0.497 e. The van der Waals surface area contributed by atoms with Gasteiger partial charge in [0.1, 0.15) is 11.4 Å². The highest BCUT2D eigenvalue weighted by Crippen LogP contribution is 2.36. The Morgan fingerprint density at radius 1 is 0.923 bits per heavy atom. The topological polar surface area (TPSA) is 115 Å². The summed E-state index contributed by atoms with van der Waals surface area (Å²) in [5, 5.41) is 17.3. The van der Waals surface area contributed by atoms with Gasteiger partial charge in [-0.15, -0.1) is 5.10 Å². The average Bonchev–Trinajstić information content (AvgIpc) is 3.58. The largest absolute Gasteiger partial charge is 0.497 e. The van der Waals surface area contributed by atoms with Gasteiger partial charge in [0.15, 0.2) is 5.82 Å². The SMILES string of the molecule is COc1ccc(N(C(N)=O)c2n[nH]c3ccc(-c4nnn(Cc5ccccc5)c4-c4ccccc4)cc23)cc1. The number of carbonyl (C=O) groups excluding carboxylic acids is 1. The van der Waals surface area contributed by atoms with E-state index < -0.39 is 6.03 Å². The molecule has 0 unspecified atom stereocenters. The lowest BCUT2D eigenvalue weighted by Gasteiger charge is -2.18. The molecule has 0 aliphatic rings. The molecule has 0 bridgehead atoms. The molecule has 0 fully saturated rings. The number of hydrogen-bond acceptors (Lipinski definition) is 5. The van der Waals surface area contributed by atoms with Crippen molar-refractivity contribution in [1.29, 1.82) is 0 Å². The Morgan fingerprint density at radius 3 is 2.33 bits per heavy atom. The summed E-state index contributed by atoms with van der Waals surface area (Å²) < 4.78 is 7.16. The summed E-state index contributed by atoms with van der Waals surface area (Å²) in [7, 11) is 1.59. The Morgan fingerprint density at radius 2 is 1.64 bits per heavy atom. The van der Waals surface area contributed by atoms with E-state index in [1.54, 1.807) is 31.4 Å². The third-order valence-corrected chi connectivity index (χ3v) is 6.54. The van der Waals surface area contributed by atoms with Crippen LogP contribution in [0.2, 0.25) is 0 Å². The first-order valence-electron chi connectivity index (χ1n) is 12.4. The molecule has 6 aromatic rings. The molecule has 6 rings (SSSR count). The minimum atomic E-state index is -0.655. The first-order valence-corrected chi connectivity index (χ1v) is 12.4. The summed E-state index contributed by atoms with van der Waals surface area (Å²) >= 11 is 0. The molecule has 2 aromatic heterocycles. The van der Waals surface area contributed by atoms with Gasteiger partial charge in [0.05, 0.1) is 30.6 Å². The average molecular weight is 516 g/mol. The second kappa shape index (κ2) is 10.1. The molecule has 0 atom stereocenters. The van der Waals surface area contributed by atoms with Crippen LogP contribution in [0.4, 0.5) is 16.3 Å². The zero-order valence-corrected chi connectivity index (χ0v) is 21.2. The predicted octanol–water partition coefficient (Wildman–Crippen LogP) is 5.76. The van der Waals surface area contributed by atoms with Crippen LogP contribution in [0.15, 0.2) is 103 Å². The molecular formula is C30H25N7O2. The van der Waals surface area contributed by atoms with E-state index in [2.05, 4.69) is 32.6 Å². The van der Waals surface area contributed by atoms with Crippen LogP contribution < -0.4 is 15.4 Å². The lowest BCUT2D eigenvalue weighted by atomic mass is 10.0. The summed E-state index contributed by atoms with van der Waals surface area (Å²) in [6.45, 7) is 0.574. The maximum atomic E-state index is 12.6. The summed E-state index contributed by atoms with van der Waals surface area (Å²) in [6.07, 6.45) is 0. The standard InChI is InChI=1S/C30H25N7O2/c1-39-24-15-13-23(14-16-24)37(30(31)38)29-25-18-22(12-17-26(25)32-34-29)27-28(21-10-6-3-7-11-21)36(35-33-27)19-20-8-4-2-5-9-20/h2-18H,19H2,1H3,(H2,31,38)(H,32,34). The summed E-state index contributed by atoms with van der Waals surface area (Å²) in [5.41, 5.74) is 11.7. The number of amides is 2. The van der Waals surface area contributed by atoms with Gasteiger partial charge in [0.2, 0.25) is 0 Å². The fraction of sp³-hybridized carbons (Fsp3) is 0.0667. The molecule has 39 heavy (non-hydrogen) atoms. The number of aromatic amines is 1. The lowest BCUT2D eigenvalue weighted by Crippen LogP contribution is -2.31. The number of H-pyrrole nitrogens is 1. The second-order valence-electron chi connectivity index (χ2n) is 8.98. The number of anilines is 2. The molecule has 9 nitrogen and oxygen atoms in total. The zero-order valence-electron chi connectivity index (χ0n) is 21.2. The number of nitrogens with zero attached hydrogens (tertiary/aromatic N) is 5. The van der Waals surface area contributed by atoms with Crippen LogP contribution in [0.1, 0.15) is 5.56 Å². The van der Waals surface area contributed by atoms with E-state index in [9.17, 15) is 4.79 Å². The number of rotatable bonds is 7. The number of benzene rings is 4. The van der Waals surface area contributed by atoms with Crippen molar-refractivity contribution in [2.75, 3.05) is 12.0 Å². The number of aromatic nitrogens is 5. The van der Waals surface area contributed by atoms with Gasteiger partial charge in [0.25, 0.3) is 0 Å². The van der Waals surface area contributed by atoms with Crippen LogP contribution in [-0.2, 0) is 6.54 Å². The van der Waals surface area contributed by atoms with Crippen molar-refractivity contribution in [2.45, 2.75) is 6.54 Å². The fourth-order valence-corrected chi connectivity index (χ4v) is 4.66. The van der Waals surface area contributed by atoms with Crippen molar-refractivity contribution in [1.82, 2.24) is 25.2 Å². The van der Waals surface area contributed by atoms with Crippen LogP contribution in [0.3, 0.4) is 0 Å². The maximum Gasteiger partial charge on any atom is 0.325 e. The Balaban J connectivity index is 1.47. The number of fused-ring (bicyclic) bond motifs is 1. The van der Waals surface area contributed by atoms with Crippen LogP contribution in [0.25, 0.3) is 33.4 Å². The summed E-state index contributed by atoms with van der Waals surface area (Å²) in [5.74, 6) is 1.06. The summed E-state index contributed by atoms with van der Waals surface area (Å²) in [6, 6.07) is 32.5. The number of nitrogens with two attached hydrogens (primary N) is 1. The highest BCUT2D eigenvalue weighted by atomic mass is 16.5. The molecule has 9 heteroatoms. The number of hydrogen-bond donors (Lipinski definition) is 2. The molecule has 0 aliphatic heterocycles. The second-order valence-corrected chi connectivity index (χ2v) is 8.98. The maximum absolute atomic E-state index is 12.6. The van der Waals surface area contributed by atoms with Crippen LogP contribution in [0, 0.1) is 0 Å². The fourth-order valence-electron chi connectivity index (χ4n) is 4.66. The lowest BCUT2D eigenvalue weighted by molar-refractivity contribution is 0.256. The van der Waals surface area contributed by atoms with E-state index in [0.717, 1.165) is 39.0 Å². The van der Waals surface area contributed by atoms with E-state index in [1.807, 2.05) is 71.4 Å². The van der Waals surface area contributed by atoms with Crippen LogP contribution in [-0.4, -0.2) is 38.3 Å². The van der Waals surface area contributed by atoms with Gasteiger partial charge < -0.3 is 10.5 Å². The van der Waals surface area contributed by atoms with Gasteiger partial charge in [-0.05, 0) is 42.0 Å². The van der Waals surface area contributed by atoms with E-state index in [1.165, 1.54) is 4.90 Å². The molecule has 0 saturated carbocycles. The Labute approximate surface area is 224 Å². The molecule has 4 aromatic carbocycles. The summed E-state index contributed by atoms with van der Waals surface area (Å²) in [4.78, 5) is 14.0. The monoisotopic (exact) mass is 515 g/mol. The van der Waals surface area contributed by atoms with Crippen molar-refractivity contribution in [3.8, 4) is 28.3 Å². The van der Waals surface area contributed by atoms with Crippen molar-refractivity contribution in [3.05, 3.63) is 109 Å². The quantitative estimate of drug-likeness (QED) is 0.280. The number of urea groups is 1. The van der Waals surface area contributed by atoms with Crippen molar-refractivity contribution < 1.29 is 9.53 Å². The van der Waals surface area contributed by atoms with Crippen molar-refractivity contribution in [3.63, 3.8) is 0 Å². The number of nitrogens with one attached hydrogen (secondary N) is 1. The molecule has 2 amide bonds. The van der Waals surface area contributed by atoms with Gasteiger partial charge in [-0.3, -0.25) is 5.10 Å². The van der Waals surface area contributed by atoms with E-state index in [-0.39, 0.29) is 0 Å². The van der Waals surface area contributed by atoms with Crippen molar-refractivity contribution >= 4 is 28.4 Å². The molecule has 0 spiro atoms. The normalized spacial score (nSPS) is 11.0. The highest BCUT2D eigenvalue weighted by Gasteiger charge is 2.23. The van der Waals surface area contributed by atoms with Gasteiger partial charge in [-0.2, -0.15) is 5.10 Å². The smallest absolute Gasteiger partial charge is 0.325 e. The van der Waals surface area contributed by atoms with Crippen LogP contribution in [0.5, 0.6) is 5.75 Å². The predicted molar refractivity (Wildman–Crippen MR) is 151 cm³/mol. The van der Waals surface area contributed by atoms with E-state index >= 15 is 0 Å². The molecular weight excluding hydrogens is 490 g/mol. The number of carbonyl (C=O) groups is 1. The first-order chi connectivity index (χ1) is 19.1. The first kappa shape index (κ1) is 23.9. The van der Waals surface area contributed by atoms with E-state index in [4.69, 9.17) is 10.5 Å². The van der Waals surface area contributed by atoms with Crippen molar-refractivity contribution in [2.24, 2.45) is 5.73 Å². The number of ether oxygens (including phenoxy) is 1. The van der Waals surface area contributed by atoms with Gasteiger partial charge >= 0.3 is 6.03 Å². The van der Waals surface area contributed by atoms with E-state index in [0.29, 0.717) is 23.8 Å².